The fourth-order valence-corrected chi connectivity index (χ4v) is 3.24. The molecule has 18 heavy (non-hydrogen) atoms. The Bertz CT molecular complexity index is 467. The minimum absolute atomic E-state index is 0.0820. The zero-order valence-electron chi connectivity index (χ0n) is 10.4. The molecule has 1 aliphatic carbocycles. The molecule has 1 aromatic carbocycles. The highest BCUT2D eigenvalue weighted by Gasteiger charge is 2.63. The quantitative estimate of drug-likeness (QED) is 0.888. The van der Waals surface area contributed by atoms with Crippen molar-refractivity contribution in [2.45, 2.75) is 18.3 Å². The average molecular weight is 253 g/mol. The summed E-state index contributed by atoms with van der Waals surface area (Å²) in [5.41, 5.74) is 0.426. The van der Waals surface area contributed by atoms with Gasteiger partial charge in [0.15, 0.2) is 0 Å². The van der Waals surface area contributed by atoms with Crippen LogP contribution in [-0.4, -0.2) is 26.8 Å². The lowest BCUT2D eigenvalue weighted by atomic mass is 9.65. The molecule has 0 bridgehead atoms. The molecule has 1 N–H and O–H groups in total. The van der Waals surface area contributed by atoms with Crippen LogP contribution >= 0.6 is 0 Å². The second kappa shape index (κ2) is 4.00. The third kappa shape index (κ3) is 1.52. The molecule has 0 atom stereocenters. The van der Waals surface area contributed by atoms with Gasteiger partial charge in [-0.05, 0) is 36.9 Å². The van der Waals surface area contributed by atoms with E-state index in [-0.39, 0.29) is 10.8 Å². The molecule has 2 aliphatic rings. The SMILES string of the molecule is CNCC1(C2(c3ccc(F)cc3F)COC2)CC1. The molecule has 3 rings (SSSR count). The fraction of sp³-hybridized carbons (Fsp3) is 0.571. The van der Waals surface area contributed by atoms with Crippen molar-refractivity contribution in [1.82, 2.24) is 5.32 Å². The van der Waals surface area contributed by atoms with Crippen molar-refractivity contribution >= 4 is 0 Å². The van der Waals surface area contributed by atoms with Crippen LogP contribution in [0.15, 0.2) is 18.2 Å². The van der Waals surface area contributed by atoms with Crippen LogP contribution in [0.3, 0.4) is 0 Å². The van der Waals surface area contributed by atoms with Crippen LogP contribution in [0.2, 0.25) is 0 Å². The van der Waals surface area contributed by atoms with Gasteiger partial charge in [-0.25, -0.2) is 8.78 Å². The monoisotopic (exact) mass is 253 g/mol. The molecule has 0 aromatic heterocycles. The van der Waals surface area contributed by atoms with Gasteiger partial charge < -0.3 is 10.1 Å². The molecule has 1 heterocycles. The summed E-state index contributed by atoms with van der Waals surface area (Å²) in [5.74, 6) is -0.967. The van der Waals surface area contributed by atoms with Gasteiger partial charge in [0, 0.05) is 12.6 Å². The van der Waals surface area contributed by atoms with Gasteiger partial charge in [0.2, 0.25) is 0 Å². The maximum absolute atomic E-state index is 14.0. The Morgan fingerprint density at radius 2 is 2.00 bits per heavy atom. The molecule has 0 amide bonds. The molecule has 1 aliphatic heterocycles. The van der Waals surface area contributed by atoms with E-state index in [0.29, 0.717) is 18.8 Å². The van der Waals surface area contributed by atoms with Crippen molar-refractivity contribution in [3.63, 3.8) is 0 Å². The highest BCUT2D eigenvalue weighted by molar-refractivity contribution is 5.36. The number of rotatable bonds is 4. The molecule has 1 saturated carbocycles. The second-order valence-electron chi connectivity index (χ2n) is 5.51. The average Bonchev–Trinajstić information content (AvgIpc) is 3.01. The summed E-state index contributed by atoms with van der Waals surface area (Å²) < 4.78 is 32.4. The maximum atomic E-state index is 14.0. The van der Waals surface area contributed by atoms with Crippen molar-refractivity contribution < 1.29 is 13.5 Å². The summed E-state index contributed by atoms with van der Waals surface area (Å²) in [7, 11) is 1.91. The van der Waals surface area contributed by atoms with Crippen molar-refractivity contribution in [2.24, 2.45) is 5.41 Å². The molecular formula is C14H17F2NO. The van der Waals surface area contributed by atoms with Gasteiger partial charge in [-0.15, -0.1) is 0 Å². The molecule has 4 heteroatoms. The standard InChI is InChI=1S/C14H17F2NO/c1-17-7-13(4-5-13)14(8-18-9-14)11-3-2-10(15)6-12(11)16/h2-3,6,17H,4-5,7-9H2,1H3. The number of nitrogens with one attached hydrogen (secondary N) is 1. The number of ether oxygens (including phenoxy) is 1. The summed E-state index contributed by atoms with van der Waals surface area (Å²) in [6, 6.07) is 3.90. The van der Waals surface area contributed by atoms with Crippen LogP contribution in [0.25, 0.3) is 0 Å². The Balaban J connectivity index is 2.01. The van der Waals surface area contributed by atoms with Gasteiger partial charge in [-0.1, -0.05) is 6.07 Å². The molecule has 1 saturated heterocycles. The van der Waals surface area contributed by atoms with Crippen molar-refractivity contribution in [2.75, 3.05) is 26.8 Å². The van der Waals surface area contributed by atoms with Gasteiger partial charge in [-0.3, -0.25) is 0 Å². The Hall–Kier alpha value is -1.00. The summed E-state index contributed by atoms with van der Waals surface area (Å²) in [5, 5.41) is 3.19. The summed E-state index contributed by atoms with van der Waals surface area (Å²) in [6.07, 6.45) is 2.15. The van der Waals surface area contributed by atoms with Gasteiger partial charge in [0.25, 0.3) is 0 Å². The highest BCUT2D eigenvalue weighted by atomic mass is 19.1. The number of hydrogen-bond acceptors (Lipinski definition) is 2. The van der Waals surface area contributed by atoms with Crippen LogP contribution in [-0.2, 0) is 10.2 Å². The maximum Gasteiger partial charge on any atom is 0.130 e. The lowest BCUT2D eigenvalue weighted by Gasteiger charge is -2.48. The first-order valence-electron chi connectivity index (χ1n) is 6.31. The molecule has 0 unspecified atom stereocenters. The van der Waals surface area contributed by atoms with Crippen molar-refractivity contribution in [1.29, 1.82) is 0 Å². The number of halogens is 2. The predicted molar refractivity (Wildman–Crippen MR) is 64.4 cm³/mol. The van der Waals surface area contributed by atoms with Gasteiger partial charge in [-0.2, -0.15) is 0 Å². The predicted octanol–water partition coefficient (Wildman–Crippen LogP) is 2.23. The zero-order chi connectivity index (χ0) is 12.8. The van der Waals surface area contributed by atoms with Crippen LogP contribution in [0.5, 0.6) is 0 Å². The topological polar surface area (TPSA) is 21.3 Å². The molecule has 0 radical (unpaired) electrons. The van der Waals surface area contributed by atoms with Gasteiger partial charge >= 0.3 is 0 Å². The van der Waals surface area contributed by atoms with E-state index in [1.54, 1.807) is 6.07 Å². The van der Waals surface area contributed by atoms with E-state index in [0.717, 1.165) is 25.5 Å². The van der Waals surface area contributed by atoms with Crippen LogP contribution in [0, 0.1) is 17.0 Å². The summed E-state index contributed by atoms with van der Waals surface area (Å²) in [4.78, 5) is 0. The van der Waals surface area contributed by atoms with E-state index in [9.17, 15) is 8.78 Å². The first kappa shape index (κ1) is 12.1. The Morgan fingerprint density at radius 3 is 2.44 bits per heavy atom. The Kier molecular flexibility index (Phi) is 2.68. The van der Waals surface area contributed by atoms with Crippen LogP contribution in [0.4, 0.5) is 8.78 Å². The van der Waals surface area contributed by atoms with E-state index in [2.05, 4.69) is 5.32 Å². The minimum atomic E-state index is -0.523. The van der Waals surface area contributed by atoms with Crippen molar-refractivity contribution in [3.8, 4) is 0 Å². The lowest BCUT2D eigenvalue weighted by Crippen LogP contribution is -2.56. The largest absolute Gasteiger partial charge is 0.379 e. The molecule has 1 aromatic rings. The van der Waals surface area contributed by atoms with Crippen LogP contribution < -0.4 is 5.32 Å². The molecule has 2 nitrogen and oxygen atoms in total. The Labute approximate surface area is 105 Å². The summed E-state index contributed by atoms with van der Waals surface area (Å²) >= 11 is 0. The van der Waals surface area contributed by atoms with E-state index in [1.807, 2.05) is 7.05 Å². The molecule has 0 spiro atoms. The first-order valence-corrected chi connectivity index (χ1v) is 6.31. The smallest absolute Gasteiger partial charge is 0.130 e. The normalized spacial score (nSPS) is 23.5. The van der Waals surface area contributed by atoms with E-state index in [4.69, 9.17) is 4.74 Å². The summed E-state index contributed by atoms with van der Waals surface area (Å²) in [6.45, 7) is 1.93. The zero-order valence-corrected chi connectivity index (χ0v) is 10.4. The molecular weight excluding hydrogens is 236 g/mol. The van der Waals surface area contributed by atoms with Gasteiger partial charge in [0.1, 0.15) is 11.6 Å². The number of hydrogen-bond donors (Lipinski definition) is 1. The van der Waals surface area contributed by atoms with E-state index < -0.39 is 11.6 Å². The van der Waals surface area contributed by atoms with E-state index >= 15 is 0 Å². The van der Waals surface area contributed by atoms with Crippen molar-refractivity contribution in [3.05, 3.63) is 35.4 Å². The van der Waals surface area contributed by atoms with E-state index in [1.165, 1.54) is 6.07 Å². The lowest BCUT2D eigenvalue weighted by molar-refractivity contribution is -0.100. The third-order valence-electron chi connectivity index (χ3n) is 4.53. The fourth-order valence-electron chi connectivity index (χ4n) is 3.24. The third-order valence-corrected chi connectivity index (χ3v) is 4.53. The molecule has 2 fully saturated rings. The Morgan fingerprint density at radius 1 is 1.28 bits per heavy atom. The minimum Gasteiger partial charge on any atom is -0.379 e. The highest BCUT2D eigenvalue weighted by Crippen LogP contribution is 2.62. The second-order valence-corrected chi connectivity index (χ2v) is 5.51. The van der Waals surface area contributed by atoms with Crippen LogP contribution in [0.1, 0.15) is 18.4 Å². The number of benzene rings is 1. The first-order chi connectivity index (χ1) is 8.63. The van der Waals surface area contributed by atoms with Gasteiger partial charge in [0.05, 0.1) is 18.6 Å². The molecule has 98 valence electrons.